The van der Waals surface area contributed by atoms with Crippen molar-refractivity contribution in [2.24, 2.45) is 7.05 Å². The predicted molar refractivity (Wildman–Crippen MR) is 92.6 cm³/mol. The Morgan fingerprint density at radius 2 is 2.14 bits per heavy atom. The molecule has 0 aliphatic carbocycles. The second-order valence-corrected chi connectivity index (χ2v) is 7.01. The van der Waals surface area contributed by atoms with Gasteiger partial charge in [-0.05, 0) is 31.9 Å². The second-order valence-electron chi connectivity index (χ2n) is 7.01. The highest BCUT2D eigenvalue weighted by Crippen LogP contribution is 2.38. The number of nitrogens with zero attached hydrogens (tertiary/aromatic N) is 5. The van der Waals surface area contributed by atoms with Crippen molar-refractivity contribution in [3.05, 3.63) is 41.0 Å². The molecule has 4 heterocycles. The third-order valence-corrected chi connectivity index (χ3v) is 5.00. The molecule has 7 nitrogen and oxygen atoms in total. The van der Waals surface area contributed by atoms with Gasteiger partial charge in [-0.25, -0.2) is 4.98 Å². The molecule has 148 valence electrons. The van der Waals surface area contributed by atoms with Crippen LogP contribution in [0.2, 0.25) is 0 Å². The van der Waals surface area contributed by atoms with Gasteiger partial charge in [0, 0.05) is 32.3 Å². The standard InChI is InChI=1S/C18H18F3N5O2/c1-10-15-12(18(19,20)21)8-14(22-16(15)28-24-10)11-4-3-6-26(9-11)17(27)13-5-7-25(2)23-13/h5,7-8,11H,3-4,6,9H2,1-2H3. The predicted octanol–water partition coefficient (Wildman–Crippen LogP) is 3.30. The molecule has 0 aromatic carbocycles. The van der Waals surface area contributed by atoms with E-state index in [9.17, 15) is 18.0 Å². The number of hydrogen-bond donors (Lipinski definition) is 0. The third kappa shape index (κ3) is 3.23. The number of carbonyl (C=O) groups excluding carboxylic acids is 1. The molecule has 0 saturated carbocycles. The molecule has 0 radical (unpaired) electrons. The lowest BCUT2D eigenvalue weighted by Gasteiger charge is -2.32. The zero-order valence-corrected chi connectivity index (χ0v) is 15.3. The van der Waals surface area contributed by atoms with Gasteiger partial charge in [0.2, 0.25) is 0 Å². The van der Waals surface area contributed by atoms with E-state index in [1.54, 1.807) is 24.2 Å². The van der Waals surface area contributed by atoms with E-state index in [0.29, 0.717) is 25.1 Å². The van der Waals surface area contributed by atoms with Crippen LogP contribution < -0.4 is 0 Å². The monoisotopic (exact) mass is 393 g/mol. The summed E-state index contributed by atoms with van der Waals surface area (Å²) in [5.41, 5.74) is -0.213. The van der Waals surface area contributed by atoms with Crippen LogP contribution in [0.3, 0.4) is 0 Å². The molecule has 4 rings (SSSR count). The van der Waals surface area contributed by atoms with Gasteiger partial charge in [-0.1, -0.05) is 5.16 Å². The van der Waals surface area contributed by atoms with Crippen molar-refractivity contribution in [2.75, 3.05) is 13.1 Å². The van der Waals surface area contributed by atoms with Gasteiger partial charge < -0.3 is 9.42 Å². The van der Waals surface area contributed by atoms with E-state index in [0.717, 1.165) is 6.07 Å². The number of aromatic nitrogens is 4. The van der Waals surface area contributed by atoms with E-state index >= 15 is 0 Å². The molecule has 1 saturated heterocycles. The van der Waals surface area contributed by atoms with Crippen molar-refractivity contribution in [1.82, 2.24) is 24.8 Å². The van der Waals surface area contributed by atoms with Crippen LogP contribution in [0.4, 0.5) is 13.2 Å². The molecule has 1 amide bonds. The topological polar surface area (TPSA) is 77.0 Å². The molecular weight excluding hydrogens is 375 g/mol. The first-order valence-corrected chi connectivity index (χ1v) is 8.87. The fourth-order valence-electron chi connectivity index (χ4n) is 3.64. The largest absolute Gasteiger partial charge is 0.417 e. The number of halogens is 3. The Labute approximate surface area is 158 Å². The van der Waals surface area contributed by atoms with Gasteiger partial charge in [-0.15, -0.1) is 0 Å². The molecule has 1 aliphatic rings. The number of likely N-dealkylation sites (tertiary alicyclic amines) is 1. The molecule has 3 aromatic rings. The number of pyridine rings is 1. The first-order chi connectivity index (χ1) is 13.2. The second kappa shape index (κ2) is 6.61. The molecular formula is C18H18F3N5O2. The van der Waals surface area contributed by atoms with E-state index in [1.807, 2.05) is 0 Å². The van der Waals surface area contributed by atoms with Crippen LogP contribution in [0.15, 0.2) is 22.9 Å². The van der Waals surface area contributed by atoms with Crippen molar-refractivity contribution in [2.45, 2.75) is 31.9 Å². The van der Waals surface area contributed by atoms with Gasteiger partial charge >= 0.3 is 6.18 Å². The number of fused-ring (bicyclic) bond motifs is 1. The maximum absolute atomic E-state index is 13.6. The average molecular weight is 393 g/mol. The molecule has 28 heavy (non-hydrogen) atoms. The Kier molecular flexibility index (Phi) is 4.35. The summed E-state index contributed by atoms with van der Waals surface area (Å²) in [6.07, 6.45) is -1.58. The summed E-state index contributed by atoms with van der Waals surface area (Å²) >= 11 is 0. The first kappa shape index (κ1) is 18.5. The van der Waals surface area contributed by atoms with Gasteiger partial charge in [0.25, 0.3) is 11.6 Å². The quantitative estimate of drug-likeness (QED) is 0.668. The minimum Gasteiger partial charge on any atom is -0.337 e. The number of aryl methyl sites for hydroxylation is 2. The highest BCUT2D eigenvalue weighted by atomic mass is 19.4. The molecule has 10 heteroatoms. The summed E-state index contributed by atoms with van der Waals surface area (Å²) in [6.45, 7) is 2.26. The zero-order chi connectivity index (χ0) is 20.1. The Morgan fingerprint density at radius 3 is 2.82 bits per heavy atom. The first-order valence-electron chi connectivity index (χ1n) is 8.87. The van der Waals surface area contributed by atoms with Gasteiger partial charge in [-0.3, -0.25) is 9.48 Å². The van der Waals surface area contributed by atoms with E-state index in [4.69, 9.17) is 4.52 Å². The number of carbonyl (C=O) groups is 1. The van der Waals surface area contributed by atoms with Crippen molar-refractivity contribution >= 4 is 17.0 Å². The SMILES string of the molecule is Cc1noc2nc(C3CCCN(C(=O)c4ccn(C)n4)C3)cc(C(F)(F)F)c12. The van der Waals surface area contributed by atoms with Gasteiger partial charge in [-0.2, -0.15) is 18.3 Å². The van der Waals surface area contributed by atoms with E-state index in [-0.39, 0.29) is 40.9 Å². The number of amides is 1. The Morgan fingerprint density at radius 1 is 1.36 bits per heavy atom. The average Bonchev–Trinajstić information content (AvgIpc) is 3.26. The molecule has 1 atom stereocenters. The van der Waals surface area contributed by atoms with Gasteiger partial charge in [0.1, 0.15) is 5.69 Å². The lowest BCUT2D eigenvalue weighted by molar-refractivity contribution is -0.136. The molecule has 0 N–H and O–H groups in total. The maximum atomic E-state index is 13.6. The zero-order valence-electron chi connectivity index (χ0n) is 15.3. The number of piperidine rings is 1. The minimum absolute atomic E-state index is 0.117. The molecule has 3 aromatic heterocycles. The highest BCUT2D eigenvalue weighted by molar-refractivity contribution is 5.92. The smallest absolute Gasteiger partial charge is 0.337 e. The maximum Gasteiger partial charge on any atom is 0.417 e. The molecule has 1 fully saturated rings. The third-order valence-electron chi connectivity index (χ3n) is 5.00. The summed E-state index contributed by atoms with van der Waals surface area (Å²) in [5, 5.41) is 7.62. The normalized spacial score (nSPS) is 18.0. The number of rotatable bonds is 2. The van der Waals surface area contributed by atoms with Crippen molar-refractivity contribution in [3.63, 3.8) is 0 Å². The Hall–Kier alpha value is -2.91. The lowest BCUT2D eigenvalue weighted by Crippen LogP contribution is -2.39. The number of alkyl halides is 3. The van der Waals surface area contributed by atoms with Gasteiger partial charge in [0.05, 0.1) is 22.3 Å². The van der Waals surface area contributed by atoms with Crippen LogP contribution in [-0.4, -0.2) is 43.8 Å². The van der Waals surface area contributed by atoms with Crippen molar-refractivity contribution in [1.29, 1.82) is 0 Å². The summed E-state index contributed by atoms with van der Waals surface area (Å²) in [7, 11) is 1.72. The number of hydrogen-bond acceptors (Lipinski definition) is 5. The van der Waals surface area contributed by atoms with E-state index in [2.05, 4.69) is 15.2 Å². The van der Waals surface area contributed by atoms with Crippen LogP contribution in [0.25, 0.3) is 11.1 Å². The van der Waals surface area contributed by atoms with Crippen molar-refractivity contribution < 1.29 is 22.5 Å². The molecule has 0 spiro atoms. The summed E-state index contributed by atoms with van der Waals surface area (Å²) < 4.78 is 47.3. The molecule has 1 aliphatic heterocycles. The summed E-state index contributed by atoms with van der Waals surface area (Å²) in [4.78, 5) is 18.5. The Bertz CT molecular complexity index is 1040. The molecule has 0 bridgehead atoms. The lowest BCUT2D eigenvalue weighted by atomic mass is 9.92. The van der Waals surface area contributed by atoms with E-state index in [1.165, 1.54) is 11.6 Å². The fraction of sp³-hybridized carbons (Fsp3) is 0.444. The Balaban J connectivity index is 1.67. The van der Waals surface area contributed by atoms with Crippen LogP contribution in [0.1, 0.15) is 46.2 Å². The van der Waals surface area contributed by atoms with Crippen LogP contribution in [0.5, 0.6) is 0 Å². The summed E-state index contributed by atoms with van der Waals surface area (Å²) in [5.74, 6) is -0.560. The minimum atomic E-state index is -4.55. The highest BCUT2D eigenvalue weighted by Gasteiger charge is 2.37. The van der Waals surface area contributed by atoms with Crippen LogP contribution >= 0.6 is 0 Å². The van der Waals surface area contributed by atoms with Crippen molar-refractivity contribution in [3.8, 4) is 0 Å². The fourth-order valence-corrected chi connectivity index (χ4v) is 3.64. The van der Waals surface area contributed by atoms with Gasteiger partial charge in [0.15, 0.2) is 0 Å². The molecule has 1 unspecified atom stereocenters. The van der Waals surface area contributed by atoms with Crippen LogP contribution in [0, 0.1) is 6.92 Å². The summed E-state index contributed by atoms with van der Waals surface area (Å²) in [6, 6.07) is 2.68. The van der Waals surface area contributed by atoms with Crippen LogP contribution in [-0.2, 0) is 13.2 Å². The van der Waals surface area contributed by atoms with E-state index < -0.39 is 11.7 Å².